The predicted molar refractivity (Wildman–Crippen MR) is 88.0 cm³/mol. The summed E-state index contributed by atoms with van der Waals surface area (Å²) in [6.45, 7) is 3.69. The van der Waals surface area contributed by atoms with Gasteiger partial charge in [-0.15, -0.1) is 0 Å². The van der Waals surface area contributed by atoms with Crippen molar-refractivity contribution in [1.82, 2.24) is 0 Å². The van der Waals surface area contributed by atoms with E-state index in [9.17, 15) is 14.7 Å². The van der Waals surface area contributed by atoms with Crippen LogP contribution < -0.4 is 10.9 Å². The van der Waals surface area contributed by atoms with E-state index in [4.69, 9.17) is 4.42 Å². The first-order valence-corrected chi connectivity index (χ1v) is 7.10. The van der Waals surface area contributed by atoms with Gasteiger partial charge in [0.1, 0.15) is 11.4 Å². The first-order valence-electron chi connectivity index (χ1n) is 7.10. The van der Waals surface area contributed by atoms with Crippen molar-refractivity contribution in [3.8, 4) is 5.75 Å². The van der Waals surface area contributed by atoms with Gasteiger partial charge in [-0.05, 0) is 43.7 Å². The van der Waals surface area contributed by atoms with Crippen molar-refractivity contribution in [2.45, 2.75) is 13.8 Å². The lowest BCUT2D eigenvalue weighted by Gasteiger charge is -2.10. The molecule has 5 heteroatoms. The van der Waals surface area contributed by atoms with Gasteiger partial charge in [0, 0.05) is 17.0 Å². The first kappa shape index (κ1) is 14.8. The molecule has 0 saturated carbocycles. The number of aryl methyl sites for hydroxylation is 2. The molecule has 1 aromatic heterocycles. The number of rotatable bonds is 2. The predicted octanol–water partition coefficient (Wildman–Crippen LogP) is 3.37. The van der Waals surface area contributed by atoms with Crippen LogP contribution >= 0.6 is 0 Å². The van der Waals surface area contributed by atoms with Gasteiger partial charge in [-0.3, -0.25) is 4.79 Å². The first-order chi connectivity index (χ1) is 11.0. The SMILES string of the molecule is Cc1ccc(C(=O)Nc2c(O)ccc3c(C)cc(=O)oc23)cc1. The van der Waals surface area contributed by atoms with Crippen molar-refractivity contribution in [3.05, 3.63) is 69.6 Å². The van der Waals surface area contributed by atoms with Crippen LogP contribution in [-0.2, 0) is 0 Å². The van der Waals surface area contributed by atoms with E-state index in [0.29, 0.717) is 16.5 Å². The van der Waals surface area contributed by atoms with E-state index in [-0.39, 0.29) is 17.0 Å². The summed E-state index contributed by atoms with van der Waals surface area (Å²) in [7, 11) is 0. The van der Waals surface area contributed by atoms with Crippen LogP contribution in [0.25, 0.3) is 11.0 Å². The smallest absolute Gasteiger partial charge is 0.336 e. The fourth-order valence-corrected chi connectivity index (χ4v) is 2.38. The topological polar surface area (TPSA) is 79.5 Å². The third kappa shape index (κ3) is 2.81. The molecule has 0 radical (unpaired) electrons. The molecule has 0 aliphatic heterocycles. The summed E-state index contributed by atoms with van der Waals surface area (Å²) < 4.78 is 5.18. The van der Waals surface area contributed by atoms with Crippen LogP contribution in [0.1, 0.15) is 21.5 Å². The van der Waals surface area contributed by atoms with E-state index in [2.05, 4.69) is 5.32 Å². The van der Waals surface area contributed by atoms with E-state index < -0.39 is 11.5 Å². The molecule has 5 nitrogen and oxygen atoms in total. The average molecular weight is 309 g/mol. The number of phenols is 1. The zero-order valence-electron chi connectivity index (χ0n) is 12.7. The summed E-state index contributed by atoms with van der Waals surface area (Å²) >= 11 is 0. The fraction of sp³-hybridized carbons (Fsp3) is 0.111. The van der Waals surface area contributed by atoms with Crippen LogP contribution in [0.15, 0.2) is 51.7 Å². The lowest BCUT2D eigenvalue weighted by Crippen LogP contribution is -2.13. The van der Waals surface area contributed by atoms with E-state index in [0.717, 1.165) is 5.56 Å². The number of nitrogens with one attached hydrogen (secondary N) is 1. The van der Waals surface area contributed by atoms with Crippen molar-refractivity contribution >= 4 is 22.6 Å². The highest BCUT2D eigenvalue weighted by Crippen LogP contribution is 2.33. The molecule has 0 atom stereocenters. The van der Waals surface area contributed by atoms with Crippen molar-refractivity contribution in [2.24, 2.45) is 0 Å². The van der Waals surface area contributed by atoms with E-state index >= 15 is 0 Å². The van der Waals surface area contributed by atoms with E-state index in [1.165, 1.54) is 12.1 Å². The maximum atomic E-state index is 12.3. The van der Waals surface area contributed by atoms with Crippen LogP contribution in [0, 0.1) is 13.8 Å². The summed E-state index contributed by atoms with van der Waals surface area (Å²) in [6, 6.07) is 11.5. The molecule has 0 unspecified atom stereocenters. The minimum Gasteiger partial charge on any atom is -0.506 e. The van der Waals surface area contributed by atoms with Crippen LogP contribution in [0.3, 0.4) is 0 Å². The summed E-state index contributed by atoms with van der Waals surface area (Å²) in [5, 5.41) is 13.3. The Morgan fingerprint density at radius 2 is 1.78 bits per heavy atom. The zero-order valence-corrected chi connectivity index (χ0v) is 12.7. The minimum absolute atomic E-state index is 0.0916. The Morgan fingerprint density at radius 1 is 1.09 bits per heavy atom. The summed E-state index contributed by atoms with van der Waals surface area (Å²) in [4.78, 5) is 23.9. The second-order valence-electron chi connectivity index (χ2n) is 5.40. The minimum atomic E-state index is -0.536. The van der Waals surface area contributed by atoms with Crippen molar-refractivity contribution < 1.29 is 14.3 Å². The van der Waals surface area contributed by atoms with Crippen LogP contribution in [-0.4, -0.2) is 11.0 Å². The lowest BCUT2D eigenvalue weighted by atomic mass is 10.1. The van der Waals surface area contributed by atoms with Gasteiger partial charge < -0.3 is 14.8 Å². The Morgan fingerprint density at radius 3 is 2.48 bits per heavy atom. The Balaban J connectivity index is 2.09. The van der Waals surface area contributed by atoms with E-state index in [1.807, 2.05) is 19.1 Å². The molecule has 2 N–H and O–H groups in total. The zero-order chi connectivity index (χ0) is 16.6. The molecule has 0 aliphatic carbocycles. The van der Waals surface area contributed by atoms with E-state index in [1.54, 1.807) is 25.1 Å². The molecule has 1 heterocycles. The summed E-state index contributed by atoms with van der Waals surface area (Å²) in [6.07, 6.45) is 0. The largest absolute Gasteiger partial charge is 0.506 e. The number of hydrogen-bond donors (Lipinski definition) is 2. The Hall–Kier alpha value is -3.08. The van der Waals surface area contributed by atoms with Gasteiger partial charge in [0.15, 0.2) is 5.58 Å². The molecule has 3 rings (SSSR count). The van der Waals surface area contributed by atoms with Gasteiger partial charge in [0.05, 0.1) is 0 Å². The van der Waals surface area contributed by atoms with Gasteiger partial charge in [-0.1, -0.05) is 17.7 Å². The fourth-order valence-electron chi connectivity index (χ4n) is 2.38. The van der Waals surface area contributed by atoms with Crippen LogP contribution in [0.4, 0.5) is 5.69 Å². The highest BCUT2D eigenvalue weighted by Gasteiger charge is 2.15. The summed E-state index contributed by atoms with van der Waals surface area (Å²) in [5.41, 5.74) is 1.91. The molecule has 0 aliphatic rings. The molecule has 2 aromatic carbocycles. The van der Waals surface area contributed by atoms with Gasteiger partial charge in [-0.25, -0.2) is 4.79 Å². The van der Waals surface area contributed by atoms with Crippen molar-refractivity contribution in [2.75, 3.05) is 5.32 Å². The van der Waals surface area contributed by atoms with Crippen molar-refractivity contribution in [3.63, 3.8) is 0 Å². The Bertz CT molecular complexity index is 955. The molecule has 116 valence electrons. The third-order valence-electron chi connectivity index (χ3n) is 3.65. The molecule has 0 spiro atoms. The summed E-state index contributed by atoms with van der Waals surface area (Å²) in [5.74, 6) is -0.552. The van der Waals surface area contributed by atoms with Crippen molar-refractivity contribution in [1.29, 1.82) is 0 Å². The quantitative estimate of drug-likeness (QED) is 0.562. The number of fused-ring (bicyclic) bond motifs is 1. The number of carbonyl (C=O) groups excluding carboxylic acids is 1. The standard InChI is InChI=1S/C18H15NO4/c1-10-3-5-12(6-4-10)18(22)19-16-14(20)8-7-13-11(2)9-15(21)23-17(13)16/h3-9,20H,1-2H3,(H,19,22). The normalized spacial score (nSPS) is 10.7. The number of aromatic hydroxyl groups is 1. The molecule has 23 heavy (non-hydrogen) atoms. The van der Waals surface area contributed by atoms with Crippen LogP contribution in [0.2, 0.25) is 0 Å². The number of phenolic OH excluding ortho intramolecular Hbond substituents is 1. The molecule has 0 bridgehead atoms. The maximum Gasteiger partial charge on any atom is 0.336 e. The highest BCUT2D eigenvalue weighted by atomic mass is 16.4. The van der Waals surface area contributed by atoms with Gasteiger partial charge in [-0.2, -0.15) is 0 Å². The molecule has 3 aromatic rings. The highest BCUT2D eigenvalue weighted by molar-refractivity contribution is 6.09. The van der Waals surface area contributed by atoms with Crippen LogP contribution in [0.5, 0.6) is 5.75 Å². The second-order valence-corrected chi connectivity index (χ2v) is 5.40. The molecular formula is C18H15NO4. The molecule has 1 amide bonds. The number of anilines is 1. The monoisotopic (exact) mass is 309 g/mol. The number of amides is 1. The third-order valence-corrected chi connectivity index (χ3v) is 3.65. The van der Waals surface area contributed by atoms with Gasteiger partial charge in [0.25, 0.3) is 5.91 Å². The van der Waals surface area contributed by atoms with Gasteiger partial charge in [0.2, 0.25) is 0 Å². The Labute approximate surface area is 132 Å². The number of hydrogen-bond acceptors (Lipinski definition) is 4. The molecule has 0 fully saturated rings. The average Bonchev–Trinajstić information content (AvgIpc) is 2.50. The molecule has 0 saturated heterocycles. The number of benzene rings is 2. The Kier molecular flexibility index (Phi) is 3.62. The van der Waals surface area contributed by atoms with Gasteiger partial charge >= 0.3 is 5.63 Å². The number of carbonyl (C=O) groups is 1. The lowest BCUT2D eigenvalue weighted by molar-refractivity contribution is 0.102. The second kappa shape index (κ2) is 5.61. The molecular weight excluding hydrogens is 294 g/mol. The maximum absolute atomic E-state index is 12.3.